The standard InChI is InChI=1S/C21H34N6O5/c1-15(2)32-21-26-19(23-9-11-31-13-12-30-10-8-22)25-20(27-21)24-14-16-6-5-7-17(28-3)18(16)29-4/h5-7,15H,8-14,22H2,1-4H3,(H2,23,24,25,26,27). The van der Waals surface area contributed by atoms with E-state index in [1.54, 1.807) is 14.2 Å². The third-order valence-corrected chi connectivity index (χ3v) is 4.04. The summed E-state index contributed by atoms with van der Waals surface area (Å²) in [5, 5.41) is 6.32. The zero-order valence-corrected chi connectivity index (χ0v) is 19.2. The van der Waals surface area contributed by atoms with E-state index in [1.165, 1.54) is 0 Å². The number of hydrogen-bond donors (Lipinski definition) is 3. The normalized spacial score (nSPS) is 10.8. The summed E-state index contributed by atoms with van der Waals surface area (Å²) in [4.78, 5) is 13.1. The highest BCUT2D eigenvalue weighted by Gasteiger charge is 2.12. The third kappa shape index (κ3) is 8.69. The maximum Gasteiger partial charge on any atom is 0.323 e. The first-order valence-electron chi connectivity index (χ1n) is 10.5. The number of nitrogens with zero attached hydrogens (tertiary/aromatic N) is 3. The van der Waals surface area contributed by atoms with Crippen molar-refractivity contribution in [2.75, 3.05) is 64.4 Å². The summed E-state index contributed by atoms with van der Waals surface area (Å²) in [6, 6.07) is 5.91. The van der Waals surface area contributed by atoms with Crippen molar-refractivity contribution in [2.45, 2.75) is 26.5 Å². The van der Waals surface area contributed by atoms with Gasteiger partial charge in [-0.1, -0.05) is 12.1 Å². The molecule has 0 saturated heterocycles. The molecule has 2 aromatic rings. The quantitative estimate of drug-likeness (QED) is 0.322. The summed E-state index contributed by atoms with van der Waals surface area (Å²) >= 11 is 0. The number of ether oxygens (including phenoxy) is 5. The Morgan fingerprint density at radius 1 is 0.906 bits per heavy atom. The van der Waals surface area contributed by atoms with Crippen molar-refractivity contribution >= 4 is 11.9 Å². The van der Waals surface area contributed by atoms with Crippen molar-refractivity contribution in [3.63, 3.8) is 0 Å². The van der Waals surface area contributed by atoms with Crippen molar-refractivity contribution < 1.29 is 23.7 Å². The van der Waals surface area contributed by atoms with Gasteiger partial charge < -0.3 is 40.1 Å². The number of hydrogen-bond acceptors (Lipinski definition) is 11. The first kappa shape index (κ1) is 25.4. The predicted molar refractivity (Wildman–Crippen MR) is 122 cm³/mol. The lowest BCUT2D eigenvalue weighted by atomic mass is 10.2. The highest BCUT2D eigenvalue weighted by atomic mass is 16.5. The second kappa shape index (κ2) is 14.2. The molecule has 178 valence electrons. The van der Waals surface area contributed by atoms with Crippen molar-refractivity contribution in [1.29, 1.82) is 0 Å². The first-order chi connectivity index (χ1) is 15.6. The predicted octanol–water partition coefficient (Wildman–Crippen LogP) is 1.69. The van der Waals surface area contributed by atoms with Gasteiger partial charge in [0.2, 0.25) is 11.9 Å². The van der Waals surface area contributed by atoms with Crippen molar-refractivity contribution in [3.8, 4) is 17.5 Å². The summed E-state index contributed by atoms with van der Waals surface area (Å²) < 4.78 is 27.3. The fraction of sp³-hybridized carbons (Fsp3) is 0.571. The molecule has 0 saturated carbocycles. The van der Waals surface area contributed by atoms with Gasteiger partial charge in [-0.15, -0.1) is 0 Å². The molecule has 11 heteroatoms. The molecule has 0 aliphatic rings. The van der Waals surface area contributed by atoms with Crippen molar-refractivity contribution in [2.24, 2.45) is 5.73 Å². The fourth-order valence-electron chi connectivity index (χ4n) is 2.69. The summed E-state index contributed by atoms with van der Waals surface area (Å²) in [5.74, 6) is 2.07. The lowest BCUT2D eigenvalue weighted by molar-refractivity contribution is 0.0547. The SMILES string of the molecule is COc1cccc(CNc2nc(NCCOCCOCCN)nc(OC(C)C)n2)c1OC. The largest absolute Gasteiger partial charge is 0.493 e. The van der Waals surface area contributed by atoms with Crippen LogP contribution in [0.3, 0.4) is 0 Å². The summed E-state index contributed by atoms with van der Waals surface area (Å²) in [5.41, 5.74) is 6.27. The average Bonchev–Trinajstić information content (AvgIpc) is 2.78. The van der Waals surface area contributed by atoms with Gasteiger partial charge in [0.15, 0.2) is 11.5 Å². The monoisotopic (exact) mass is 450 g/mol. The Morgan fingerprint density at radius 3 is 2.28 bits per heavy atom. The number of aromatic nitrogens is 3. The molecule has 1 aromatic carbocycles. The van der Waals surface area contributed by atoms with Gasteiger partial charge in [0.1, 0.15) is 0 Å². The Hall–Kier alpha value is -2.89. The van der Waals surface area contributed by atoms with Gasteiger partial charge in [-0.05, 0) is 19.9 Å². The van der Waals surface area contributed by atoms with E-state index >= 15 is 0 Å². The molecule has 0 amide bonds. The molecule has 0 fully saturated rings. The molecule has 0 atom stereocenters. The molecule has 0 spiro atoms. The minimum Gasteiger partial charge on any atom is -0.493 e. The van der Waals surface area contributed by atoms with E-state index in [2.05, 4.69) is 25.6 Å². The van der Waals surface area contributed by atoms with Crippen molar-refractivity contribution in [3.05, 3.63) is 23.8 Å². The molecule has 0 aliphatic carbocycles. The molecular weight excluding hydrogens is 416 g/mol. The second-order valence-corrected chi connectivity index (χ2v) is 6.88. The molecule has 32 heavy (non-hydrogen) atoms. The minimum absolute atomic E-state index is 0.0755. The van der Waals surface area contributed by atoms with Gasteiger partial charge in [-0.25, -0.2) is 0 Å². The zero-order chi connectivity index (χ0) is 23.2. The van der Waals surface area contributed by atoms with Crippen LogP contribution in [0.25, 0.3) is 0 Å². The van der Waals surface area contributed by atoms with E-state index in [9.17, 15) is 0 Å². The number of nitrogens with two attached hydrogens (primary N) is 1. The molecule has 0 unspecified atom stereocenters. The van der Waals surface area contributed by atoms with E-state index in [1.807, 2.05) is 32.0 Å². The fourth-order valence-corrected chi connectivity index (χ4v) is 2.69. The lowest BCUT2D eigenvalue weighted by Gasteiger charge is -2.14. The van der Waals surface area contributed by atoms with Gasteiger partial charge >= 0.3 is 6.01 Å². The zero-order valence-electron chi connectivity index (χ0n) is 19.2. The van der Waals surface area contributed by atoms with Gasteiger partial charge in [-0.2, -0.15) is 15.0 Å². The number of para-hydroxylation sites is 1. The van der Waals surface area contributed by atoms with Crippen LogP contribution in [0.2, 0.25) is 0 Å². The van der Waals surface area contributed by atoms with E-state index in [0.29, 0.717) is 69.5 Å². The smallest absolute Gasteiger partial charge is 0.323 e. The van der Waals surface area contributed by atoms with E-state index in [4.69, 9.17) is 29.4 Å². The molecule has 0 aliphatic heterocycles. The minimum atomic E-state index is -0.0755. The lowest BCUT2D eigenvalue weighted by Crippen LogP contribution is -2.17. The Kier molecular flexibility index (Phi) is 11.3. The summed E-state index contributed by atoms with van der Waals surface area (Å²) in [7, 11) is 3.21. The van der Waals surface area contributed by atoms with Crippen LogP contribution in [-0.4, -0.2) is 74.8 Å². The average molecular weight is 451 g/mol. The van der Waals surface area contributed by atoms with Crippen LogP contribution >= 0.6 is 0 Å². The Labute approximate surface area is 189 Å². The van der Waals surface area contributed by atoms with Gasteiger partial charge in [0.05, 0.1) is 46.8 Å². The summed E-state index contributed by atoms with van der Waals surface area (Å²) in [6.07, 6.45) is -0.0755. The summed E-state index contributed by atoms with van der Waals surface area (Å²) in [6.45, 7) is 7.28. The molecule has 0 bridgehead atoms. The number of nitrogens with one attached hydrogen (secondary N) is 2. The Morgan fingerprint density at radius 2 is 1.62 bits per heavy atom. The molecular formula is C21H34N6O5. The maximum atomic E-state index is 5.67. The van der Waals surface area contributed by atoms with Crippen molar-refractivity contribution in [1.82, 2.24) is 15.0 Å². The van der Waals surface area contributed by atoms with E-state index in [0.717, 1.165) is 5.56 Å². The van der Waals surface area contributed by atoms with Crippen LogP contribution in [0.15, 0.2) is 18.2 Å². The van der Waals surface area contributed by atoms with Crippen LogP contribution in [0.4, 0.5) is 11.9 Å². The van der Waals surface area contributed by atoms with Gasteiger partial charge in [0.25, 0.3) is 0 Å². The number of methoxy groups -OCH3 is 2. The third-order valence-electron chi connectivity index (χ3n) is 4.04. The highest BCUT2D eigenvalue weighted by Crippen LogP contribution is 2.31. The highest BCUT2D eigenvalue weighted by molar-refractivity contribution is 5.48. The number of rotatable bonds is 16. The number of benzene rings is 1. The van der Waals surface area contributed by atoms with E-state index in [-0.39, 0.29) is 12.1 Å². The molecule has 11 nitrogen and oxygen atoms in total. The first-order valence-corrected chi connectivity index (χ1v) is 10.5. The topological polar surface area (TPSA) is 135 Å². The Balaban J connectivity index is 1.98. The van der Waals surface area contributed by atoms with Crippen LogP contribution in [-0.2, 0) is 16.0 Å². The molecule has 1 heterocycles. The molecule has 1 aromatic heterocycles. The van der Waals surface area contributed by atoms with Crippen LogP contribution in [0, 0.1) is 0 Å². The molecule has 0 radical (unpaired) electrons. The molecule has 2 rings (SSSR count). The van der Waals surface area contributed by atoms with Crippen LogP contribution in [0.5, 0.6) is 17.5 Å². The maximum absolute atomic E-state index is 5.67. The molecule has 4 N–H and O–H groups in total. The number of anilines is 2. The second-order valence-electron chi connectivity index (χ2n) is 6.88. The van der Waals surface area contributed by atoms with Gasteiger partial charge in [0, 0.05) is 25.2 Å². The van der Waals surface area contributed by atoms with Crippen LogP contribution < -0.4 is 30.6 Å². The van der Waals surface area contributed by atoms with E-state index < -0.39 is 0 Å². The van der Waals surface area contributed by atoms with Crippen LogP contribution in [0.1, 0.15) is 19.4 Å². The Bertz CT molecular complexity index is 808. The van der Waals surface area contributed by atoms with Gasteiger partial charge in [-0.3, -0.25) is 0 Å².